The zero-order valence-electron chi connectivity index (χ0n) is 13.0. The molecule has 0 spiro atoms. The Morgan fingerprint density at radius 3 is 2.60 bits per heavy atom. The van der Waals surface area contributed by atoms with Gasteiger partial charge in [0, 0.05) is 19.1 Å². The van der Waals surface area contributed by atoms with E-state index in [0.29, 0.717) is 12.0 Å². The lowest BCUT2D eigenvalue weighted by atomic mass is 9.79. The lowest BCUT2D eigenvalue weighted by molar-refractivity contribution is 0.177. The second-order valence-electron chi connectivity index (χ2n) is 6.39. The molecule has 0 aromatic heterocycles. The third kappa shape index (κ3) is 4.22. The van der Waals surface area contributed by atoms with Gasteiger partial charge in [-0.05, 0) is 55.8 Å². The number of nitrogens with two attached hydrogens (primary N) is 1. The van der Waals surface area contributed by atoms with Gasteiger partial charge in [-0.2, -0.15) is 0 Å². The van der Waals surface area contributed by atoms with Gasteiger partial charge in [-0.25, -0.2) is 0 Å². The minimum absolute atomic E-state index is 0.379. The van der Waals surface area contributed by atoms with Crippen molar-refractivity contribution in [3.8, 4) is 5.75 Å². The molecule has 2 N–H and O–H groups in total. The number of rotatable bonds is 5. The van der Waals surface area contributed by atoms with Crippen LogP contribution < -0.4 is 10.5 Å². The van der Waals surface area contributed by atoms with Crippen LogP contribution in [0.25, 0.3) is 0 Å². The molecule has 1 aromatic carbocycles. The van der Waals surface area contributed by atoms with E-state index in [1.165, 1.54) is 24.8 Å². The van der Waals surface area contributed by atoms with Gasteiger partial charge in [-0.1, -0.05) is 19.1 Å². The monoisotopic (exact) mass is 276 g/mol. The first-order valence-corrected chi connectivity index (χ1v) is 7.65. The van der Waals surface area contributed by atoms with Crippen molar-refractivity contribution in [2.75, 3.05) is 20.7 Å². The maximum absolute atomic E-state index is 6.28. The second-order valence-corrected chi connectivity index (χ2v) is 6.39. The molecule has 0 radical (unpaired) electrons. The normalized spacial score (nSPS) is 26.8. The number of hydrogen-bond donors (Lipinski definition) is 1. The molecule has 0 amide bonds. The van der Waals surface area contributed by atoms with E-state index in [1.807, 2.05) is 12.1 Å². The van der Waals surface area contributed by atoms with Gasteiger partial charge < -0.3 is 15.4 Å². The van der Waals surface area contributed by atoms with Crippen molar-refractivity contribution in [1.82, 2.24) is 4.90 Å². The summed E-state index contributed by atoms with van der Waals surface area (Å²) in [6, 6.07) is 8.71. The Balaban J connectivity index is 1.86. The van der Waals surface area contributed by atoms with Crippen LogP contribution in [0.5, 0.6) is 5.75 Å². The maximum atomic E-state index is 6.28. The highest BCUT2D eigenvalue weighted by atomic mass is 16.5. The number of hydrogen-bond acceptors (Lipinski definition) is 3. The largest absolute Gasteiger partial charge is 0.497 e. The van der Waals surface area contributed by atoms with Crippen molar-refractivity contribution in [2.45, 2.75) is 38.8 Å². The van der Waals surface area contributed by atoms with Crippen molar-refractivity contribution in [1.29, 1.82) is 0 Å². The zero-order chi connectivity index (χ0) is 14.5. The third-order valence-corrected chi connectivity index (χ3v) is 4.46. The highest BCUT2D eigenvalue weighted by Gasteiger charge is 2.26. The van der Waals surface area contributed by atoms with Crippen LogP contribution in [0.2, 0.25) is 0 Å². The summed E-state index contributed by atoms with van der Waals surface area (Å²) in [4.78, 5) is 2.39. The molecule has 1 saturated carbocycles. The van der Waals surface area contributed by atoms with E-state index >= 15 is 0 Å². The van der Waals surface area contributed by atoms with Gasteiger partial charge in [-0.15, -0.1) is 0 Å². The van der Waals surface area contributed by atoms with Crippen LogP contribution in [0.4, 0.5) is 0 Å². The van der Waals surface area contributed by atoms with Crippen LogP contribution in [0, 0.1) is 11.8 Å². The Morgan fingerprint density at radius 2 is 1.95 bits per heavy atom. The van der Waals surface area contributed by atoms with Gasteiger partial charge in [0.05, 0.1) is 7.11 Å². The molecule has 0 aliphatic heterocycles. The number of nitrogens with zero attached hydrogens (tertiary/aromatic N) is 1. The van der Waals surface area contributed by atoms with Crippen molar-refractivity contribution in [3.63, 3.8) is 0 Å². The fraction of sp³-hybridized carbons (Fsp3) is 0.647. The Bertz CT molecular complexity index is 404. The van der Waals surface area contributed by atoms with Gasteiger partial charge in [0.1, 0.15) is 5.75 Å². The van der Waals surface area contributed by atoms with Crippen LogP contribution in [0.1, 0.15) is 31.7 Å². The van der Waals surface area contributed by atoms with Gasteiger partial charge >= 0.3 is 0 Å². The quantitative estimate of drug-likeness (QED) is 0.898. The molecule has 0 heterocycles. The summed E-state index contributed by atoms with van der Waals surface area (Å²) in [6.07, 6.45) is 3.75. The van der Waals surface area contributed by atoms with Gasteiger partial charge in [0.25, 0.3) is 0 Å². The predicted octanol–water partition coefficient (Wildman–Crippen LogP) is 2.89. The fourth-order valence-electron chi connectivity index (χ4n) is 3.24. The Kier molecular flexibility index (Phi) is 5.44. The molecular formula is C17H28N2O. The summed E-state index contributed by atoms with van der Waals surface area (Å²) in [5.41, 5.74) is 7.60. The molecule has 1 aromatic rings. The first-order valence-electron chi connectivity index (χ1n) is 7.65. The summed E-state index contributed by atoms with van der Waals surface area (Å²) in [6.45, 7) is 4.42. The molecule has 1 fully saturated rings. The van der Waals surface area contributed by atoms with E-state index in [2.05, 4.69) is 31.0 Å². The van der Waals surface area contributed by atoms with Crippen molar-refractivity contribution in [3.05, 3.63) is 29.8 Å². The Labute approximate surface area is 123 Å². The molecule has 3 unspecified atom stereocenters. The molecule has 1 aliphatic carbocycles. The molecule has 1 aliphatic rings. The maximum Gasteiger partial charge on any atom is 0.118 e. The Morgan fingerprint density at radius 1 is 1.25 bits per heavy atom. The highest BCUT2D eigenvalue weighted by Crippen LogP contribution is 2.28. The lowest BCUT2D eigenvalue weighted by Crippen LogP contribution is -2.41. The molecule has 2 rings (SSSR count). The first-order chi connectivity index (χ1) is 9.58. The summed E-state index contributed by atoms with van der Waals surface area (Å²) in [5, 5.41) is 0. The smallest absolute Gasteiger partial charge is 0.118 e. The predicted molar refractivity (Wildman–Crippen MR) is 83.8 cm³/mol. The van der Waals surface area contributed by atoms with E-state index in [-0.39, 0.29) is 0 Å². The topological polar surface area (TPSA) is 38.5 Å². The summed E-state index contributed by atoms with van der Waals surface area (Å²) < 4.78 is 5.19. The Hall–Kier alpha value is -1.06. The number of methoxy groups -OCH3 is 1. The summed E-state index contributed by atoms with van der Waals surface area (Å²) in [5.74, 6) is 2.38. The van der Waals surface area contributed by atoms with Gasteiger partial charge in [-0.3, -0.25) is 0 Å². The van der Waals surface area contributed by atoms with E-state index in [9.17, 15) is 0 Å². The standard InChI is InChI=1S/C17H28N2O/c1-13-4-9-17(18)15(10-13)12-19(2)11-14-5-7-16(20-3)8-6-14/h5-8,13,15,17H,4,9-12,18H2,1-3H3. The van der Waals surface area contributed by atoms with Crippen LogP contribution >= 0.6 is 0 Å². The summed E-state index contributed by atoms with van der Waals surface area (Å²) >= 11 is 0. The van der Waals surface area contributed by atoms with Crippen LogP contribution in [-0.2, 0) is 6.54 Å². The van der Waals surface area contributed by atoms with E-state index in [4.69, 9.17) is 10.5 Å². The SMILES string of the molecule is COc1ccc(CN(C)CC2CC(C)CCC2N)cc1. The van der Waals surface area contributed by atoms with E-state index < -0.39 is 0 Å². The molecule has 3 nitrogen and oxygen atoms in total. The first kappa shape index (κ1) is 15.3. The second kappa shape index (κ2) is 7.09. The average Bonchev–Trinajstić information content (AvgIpc) is 2.43. The molecule has 3 heteroatoms. The fourth-order valence-corrected chi connectivity index (χ4v) is 3.24. The van der Waals surface area contributed by atoms with E-state index in [0.717, 1.165) is 24.8 Å². The number of benzene rings is 1. The molecule has 112 valence electrons. The van der Waals surface area contributed by atoms with Crippen molar-refractivity contribution in [2.24, 2.45) is 17.6 Å². The van der Waals surface area contributed by atoms with Crippen molar-refractivity contribution >= 4 is 0 Å². The third-order valence-electron chi connectivity index (χ3n) is 4.46. The van der Waals surface area contributed by atoms with Crippen LogP contribution in [-0.4, -0.2) is 31.6 Å². The highest BCUT2D eigenvalue weighted by molar-refractivity contribution is 5.27. The summed E-state index contributed by atoms with van der Waals surface area (Å²) in [7, 11) is 3.89. The number of ether oxygens (including phenoxy) is 1. The molecule has 3 atom stereocenters. The van der Waals surface area contributed by atoms with Crippen LogP contribution in [0.3, 0.4) is 0 Å². The minimum Gasteiger partial charge on any atom is -0.497 e. The van der Waals surface area contributed by atoms with E-state index in [1.54, 1.807) is 7.11 Å². The average molecular weight is 276 g/mol. The molecular weight excluding hydrogens is 248 g/mol. The van der Waals surface area contributed by atoms with Crippen molar-refractivity contribution < 1.29 is 4.74 Å². The van der Waals surface area contributed by atoms with Gasteiger partial charge in [0.15, 0.2) is 0 Å². The minimum atomic E-state index is 0.379. The molecule has 0 saturated heterocycles. The van der Waals surface area contributed by atoms with Crippen LogP contribution in [0.15, 0.2) is 24.3 Å². The lowest BCUT2D eigenvalue weighted by Gasteiger charge is -2.35. The zero-order valence-corrected chi connectivity index (χ0v) is 13.0. The molecule has 20 heavy (non-hydrogen) atoms. The van der Waals surface area contributed by atoms with Gasteiger partial charge in [0.2, 0.25) is 0 Å². The molecule has 0 bridgehead atoms.